The molecule has 0 saturated carbocycles. The molecule has 0 aromatic heterocycles. The van der Waals surface area contributed by atoms with Crippen molar-refractivity contribution < 1.29 is 40.7 Å². The highest BCUT2D eigenvalue weighted by atomic mass is 32.2. The quantitative estimate of drug-likeness (QED) is 0.540. The number of anilines is 1. The first-order valence-electron chi connectivity index (χ1n) is 9.58. The molecule has 1 atom stereocenters. The van der Waals surface area contributed by atoms with Crippen molar-refractivity contribution in [3.63, 3.8) is 0 Å². The molecular weight excluding hydrogens is 474 g/mol. The first-order valence-corrected chi connectivity index (χ1v) is 10.5. The van der Waals surface area contributed by atoms with Gasteiger partial charge in [-0.05, 0) is 29.3 Å². The predicted molar refractivity (Wildman–Crippen MR) is 108 cm³/mol. The Morgan fingerprint density at radius 1 is 1.03 bits per heavy atom. The Kier molecular flexibility index (Phi) is 7.58. The first-order chi connectivity index (χ1) is 15.4. The third kappa shape index (κ3) is 7.39. The van der Waals surface area contributed by atoms with Crippen LogP contribution >= 0.6 is 11.8 Å². The molecule has 178 valence electrons. The number of amides is 2. The van der Waals surface area contributed by atoms with Crippen molar-refractivity contribution in [2.75, 3.05) is 11.9 Å². The van der Waals surface area contributed by atoms with Crippen LogP contribution in [0.3, 0.4) is 0 Å². The summed E-state index contributed by atoms with van der Waals surface area (Å²) in [4.78, 5) is 24.9. The fourth-order valence-corrected chi connectivity index (χ4v) is 4.03. The van der Waals surface area contributed by atoms with Crippen LogP contribution in [0, 0.1) is 0 Å². The molecule has 5 nitrogen and oxygen atoms in total. The normalized spacial score (nSPS) is 16.2. The summed E-state index contributed by atoms with van der Waals surface area (Å²) < 4.78 is 79.3. The number of benzene rings is 2. The van der Waals surface area contributed by atoms with Crippen molar-refractivity contribution >= 4 is 29.3 Å². The van der Waals surface area contributed by atoms with E-state index in [4.69, 9.17) is 0 Å². The van der Waals surface area contributed by atoms with Crippen LogP contribution in [0.4, 0.5) is 32.0 Å². The van der Waals surface area contributed by atoms with Gasteiger partial charge in [0.25, 0.3) is 0 Å². The molecular formula is C21H18F6N2O3S. The van der Waals surface area contributed by atoms with Gasteiger partial charge in [0.05, 0.1) is 23.1 Å². The summed E-state index contributed by atoms with van der Waals surface area (Å²) in [5.41, 5.74) is 0.401. The molecule has 3 rings (SSSR count). The van der Waals surface area contributed by atoms with Crippen LogP contribution in [0.2, 0.25) is 0 Å². The van der Waals surface area contributed by atoms with Gasteiger partial charge in [0.1, 0.15) is 6.61 Å². The van der Waals surface area contributed by atoms with Crippen LogP contribution in [0.15, 0.2) is 47.4 Å². The van der Waals surface area contributed by atoms with Crippen LogP contribution in [-0.2, 0) is 33.7 Å². The zero-order valence-electron chi connectivity index (χ0n) is 16.8. The summed E-state index contributed by atoms with van der Waals surface area (Å²) in [6, 6.07) is 9.44. The lowest BCUT2D eigenvalue weighted by atomic mass is 10.1. The molecule has 2 aromatic rings. The van der Waals surface area contributed by atoms with E-state index in [1.807, 2.05) is 0 Å². The molecule has 1 aliphatic rings. The Morgan fingerprint density at radius 2 is 1.70 bits per heavy atom. The Morgan fingerprint density at radius 3 is 2.33 bits per heavy atom. The van der Waals surface area contributed by atoms with Crippen LogP contribution in [0.1, 0.15) is 23.1 Å². The van der Waals surface area contributed by atoms with E-state index in [0.717, 1.165) is 23.9 Å². The fraction of sp³-hybridized carbons (Fsp3) is 0.333. The molecule has 0 fully saturated rings. The molecule has 1 unspecified atom stereocenters. The van der Waals surface area contributed by atoms with Crippen LogP contribution in [0.25, 0.3) is 0 Å². The van der Waals surface area contributed by atoms with Crippen molar-refractivity contribution in [3.05, 3.63) is 59.2 Å². The zero-order valence-corrected chi connectivity index (χ0v) is 17.7. The van der Waals surface area contributed by atoms with Gasteiger partial charge in [0, 0.05) is 17.9 Å². The van der Waals surface area contributed by atoms with Crippen LogP contribution < -0.4 is 10.6 Å². The second-order valence-corrected chi connectivity index (χ2v) is 8.45. The van der Waals surface area contributed by atoms with Gasteiger partial charge in [-0.25, -0.2) is 0 Å². The summed E-state index contributed by atoms with van der Waals surface area (Å²) >= 11 is 1.01. The van der Waals surface area contributed by atoms with E-state index in [-0.39, 0.29) is 25.3 Å². The SMILES string of the molecule is O=C(CC1Sc2ccc(C(F)(F)F)cc2NC1=O)NCc1ccc(COCC(F)(F)F)cc1. The molecule has 0 bridgehead atoms. The topological polar surface area (TPSA) is 67.4 Å². The molecule has 33 heavy (non-hydrogen) atoms. The molecule has 1 heterocycles. The number of thioether (sulfide) groups is 1. The summed E-state index contributed by atoms with van der Waals surface area (Å²) in [6.45, 7) is -1.41. The van der Waals surface area contributed by atoms with Gasteiger partial charge in [-0.3, -0.25) is 9.59 Å². The summed E-state index contributed by atoms with van der Waals surface area (Å²) in [5.74, 6) is -0.999. The van der Waals surface area contributed by atoms with E-state index in [0.29, 0.717) is 16.0 Å². The fourth-order valence-electron chi connectivity index (χ4n) is 2.94. The van der Waals surface area contributed by atoms with Gasteiger partial charge in [-0.15, -0.1) is 11.8 Å². The molecule has 0 spiro atoms. The first kappa shape index (κ1) is 24.9. The van der Waals surface area contributed by atoms with E-state index in [2.05, 4.69) is 15.4 Å². The Hall–Kier alpha value is -2.73. The van der Waals surface area contributed by atoms with Gasteiger partial charge in [-0.2, -0.15) is 26.3 Å². The number of hydrogen-bond acceptors (Lipinski definition) is 4. The van der Waals surface area contributed by atoms with E-state index in [1.54, 1.807) is 24.3 Å². The average molecular weight is 492 g/mol. The minimum Gasteiger partial charge on any atom is -0.367 e. The maximum absolute atomic E-state index is 12.8. The van der Waals surface area contributed by atoms with Gasteiger partial charge >= 0.3 is 12.4 Å². The molecule has 1 aliphatic heterocycles. The van der Waals surface area contributed by atoms with Crippen molar-refractivity contribution in [3.8, 4) is 0 Å². The molecule has 0 saturated heterocycles. The van der Waals surface area contributed by atoms with Crippen molar-refractivity contribution in [1.82, 2.24) is 5.32 Å². The Bertz CT molecular complexity index is 1010. The van der Waals surface area contributed by atoms with E-state index < -0.39 is 41.6 Å². The van der Waals surface area contributed by atoms with Gasteiger partial charge < -0.3 is 15.4 Å². The lowest BCUT2D eigenvalue weighted by Crippen LogP contribution is -2.34. The minimum absolute atomic E-state index is 0.0517. The van der Waals surface area contributed by atoms with Crippen molar-refractivity contribution in [2.45, 2.75) is 42.1 Å². The maximum atomic E-state index is 12.8. The minimum atomic E-state index is -4.53. The van der Waals surface area contributed by atoms with Gasteiger partial charge in [0.2, 0.25) is 11.8 Å². The lowest BCUT2D eigenvalue weighted by molar-refractivity contribution is -0.176. The number of hydrogen-bond donors (Lipinski definition) is 2. The van der Waals surface area contributed by atoms with Gasteiger partial charge in [-0.1, -0.05) is 24.3 Å². The second kappa shape index (κ2) is 10.0. The number of nitrogens with one attached hydrogen (secondary N) is 2. The zero-order chi connectivity index (χ0) is 24.2. The molecule has 2 N–H and O–H groups in total. The maximum Gasteiger partial charge on any atom is 0.416 e. The average Bonchev–Trinajstić information content (AvgIpc) is 2.72. The summed E-state index contributed by atoms with van der Waals surface area (Å²) in [6.07, 6.45) is -9.11. The largest absolute Gasteiger partial charge is 0.416 e. The number of carbonyl (C=O) groups is 2. The van der Waals surface area contributed by atoms with E-state index in [1.165, 1.54) is 6.07 Å². The van der Waals surface area contributed by atoms with Crippen molar-refractivity contribution in [2.24, 2.45) is 0 Å². The van der Waals surface area contributed by atoms with E-state index >= 15 is 0 Å². The number of halogens is 6. The standard InChI is InChI=1S/C21H18F6N2O3S/c22-20(23,24)11-32-10-13-3-1-12(2-4-13)9-28-18(30)8-17-19(31)29-15-7-14(21(25,26)27)5-6-16(15)33-17/h1-7,17H,8-11H2,(H,28,30)(H,29,31). The number of alkyl halides is 6. The van der Waals surface area contributed by atoms with E-state index in [9.17, 15) is 35.9 Å². The molecule has 2 amide bonds. The van der Waals surface area contributed by atoms with Crippen LogP contribution in [0.5, 0.6) is 0 Å². The number of ether oxygens (including phenoxy) is 1. The summed E-state index contributed by atoms with van der Waals surface area (Å²) in [7, 11) is 0. The van der Waals surface area contributed by atoms with Gasteiger partial charge in [0.15, 0.2) is 0 Å². The smallest absolute Gasteiger partial charge is 0.367 e. The number of fused-ring (bicyclic) bond motifs is 1. The second-order valence-electron chi connectivity index (χ2n) is 7.21. The molecule has 2 aromatic carbocycles. The molecule has 0 radical (unpaired) electrons. The third-order valence-corrected chi connectivity index (χ3v) is 5.82. The lowest BCUT2D eigenvalue weighted by Gasteiger charge is -2.24. The number of rotatable bonds is 7. The highest BCUT2D eigenvalue weighted by molar-refractivity contribution is 8.01. The highest BCUT2D eigenvalue weighted by Crippen LogP contribution is 2.40. The Balaban J connectivity index is 1.48. The third-order valence-electron chi connectivity index (χ3n) is 4.54. The van der Waals surface area contributed by atoms with Crippen molar-refractivity contribution in [1.29, 1.82) is 0 Å². The predicted octanol–water partition coefficient (Wildman–Crippen LogP) is 4.90. The molecule has 12 heteroatoms. The van der Waals surface area contributed by atoms with Crippen LogP contribution in [-0.4, -0.2) is 29.8 Å². The highest BCUT2D eigenvalue weighted by Gasteiger charge is 2.34. The molecule has 0 aliphatic carbocycles. The monoisotopic (exact) mass is 492 g/mol. The Labute approximate surface area is 188 Å². The summed E-state index contributed by atoms with van der Waals surface area (Å²) in [5, 5.41) is 4.25. The number of carbonyl (C=O) groups excluding carboxylic acids is 2.